The largest absolute Gasteiger partial charge is 0.497 e. The molecule has 2 aromatic rings. The molecule has 0 saturated heterocycles. The van der Waals surface area contributed by atoms with E-state index in [0.29, 0.717) is 27.0 Å². The Morgan fingerprint density at radius 1 is 1.21 bits per heavy atom. The fourth-order valence-corrected chi connectivity index (χ4v) is 2.32. The minimum atomic E-state index is -0.0439. The molecular weight excluding hydrogens is 306 g/mol. The molecule has 2 N–H and O–H groups in total. The predicted molar refractivity (Wildman–Crippen MR) is 79.7 cm³/mol. The van der Waals surface area contributed by atoms with E-state index >= 15 is 0 Å². The molecule has 19 heavy (non-hydrogen) atoms. The summed E-state index contributed by atoms with van der Waals surface area (Å²) in [6.07, 6.45) is 0. The molecule has 0 unspecified atom stereocenters. The highest BCUT2D eigenvalue weighted by Crippen LogP contribution is 2.26. The maximum absolute atomic E-state index is 12.4. The summed E-state index contributed by atoms with van der Waals surface area (Å²) in [4.78, 5) is 12.4. The van der Waals surface area contributed by atoms with Crippen LogP contribution in [0.3, 0.4) is 0 Å². The lowest BCUT2D eigenvalue weighted by Gasteiger charge is -2.08. The lowest BCUT2D eigenvalue weighted by Crippen LogP contribution is -2.04. The van der Waals surface area contributed by atoms with Crippen LogP contribution in [-0.2, 0) is 0 Å². The van der Waals surface area contributed by atoms with E-state index in [2.05, 4.69) is 15.9 Å². The van der Waals surface area contributed by atoms with E-state index in [9.17, 15) is 4.79 Å². The molecule has 0 aliphatic rings. The first-order valence-electron chi connectivity index (χ1n) is 5.77. The van der Waals surface area contributed by atoms with Crippen LogP contribution in [0.25, 0.3) is 0 Å². The number of methoxy groups -OCH3 is 1. The number of anilines is 1. The van der Waals surface area contributed by atoms with Gasteiger partial charge in [-0.25, -0.2) is 0 Å². The molecule has 0 atom stereocenters. The van der Waals surface area contributed by atoms with Gasteiger partial charge in [-0.1, -0.05) is 0 Å². The van der Waals surface area contributed by atoms with Gasteiger partial charge in [0.15, 0.2) is 5.78 Å². The molecule has 0 radical (unpaired) electrons. The summed E-state index contributed by atoms with van der Waals surface area (Å²) in [5, 5.41) is 0. The quantitative estimate of drug-likeness (QED) is 0.695. The van der Waals surface area contributed by atoms with Crippen LogP contribution in [0.15, 0.2) is 40.9 Å². The van der Waals surface area contributed by atoms with Crippen molar-refractivity contribution in [2.75, 3.05) is 12.8 Å². The van der Waals surface area contributed by atoms with Gasteiger partial charge in [0.2, 0.25) is 0 Å². The number of ether oxygens (including phenoxy) is 1. The van der Waals surface area contributed by atoms with Crippen LogP contribution >= 0.6 is 15.9 Å². The van der Waals surface area contributed by atoms with Crippen LogP contribution in [0.5, 0.6) is 5.75 Å². The van der Waals surface area contributed by atoms with Crippen LogP contribution < -0.4 is 10.5 Å². The summed E-state index contributed by atoms with van der Waals surface area (Å²) in [5.41, 5.74) is 8.57. The lowest BCUT2D eigenvalue weighted by molar-refractivity contribution is 0.103. The number of carbonyl (C=O) groups is 1. The Hall–Kier alpha value is -1.81. The van der Waals surface area contributed by atoms with Crippen molar-refractivity contribution in [1.29, 1.82) is 0 Å². The monoisotopic (exact) mass is 319 g/mol. The summed E-state index contributed by atoms with van der Waals surface area (Å²) in [7, 11) is 1.59. The van der Waals surface area contributed by atoms with E-state index in [1.165, 1.54) is 0 Å². The molecule has 0 fully saturated rings. The molecule has 0 bridgehead atoms. The van der Waals surface area contributed by atoms with Crippen molar-refractivity contribution < 1.29 is 9.53 Å². The highest BCUT2D eigenvalue weighted by Gasteiger charge is 2.13. The molecule has 4 heteroatoms. The van der Waals surface area contributed by atoms with Gasteiger partial charge in [0.25, 0.3) is 0 Å². The number of aryl methyl sites for hydroxylation is 1. The van der Waals surface area contributed by atoms with Gasteiger partial charge in [-0.3, -0.25) is 4.79 Å². The fraction of sp³-hybridized carbons (Fsp3) is 0.133. The van der Waals surface area contributed by atoms with Gasteiger partial charge >= 0.3 is 0 Å². The number of hydrogen-bond donors (Lipinski definition) is 1. The van der Waals surface area contributed by atoms with Gasteiger partial charge < -0.3 is 10.5 Å². The van der Waals surface area contributed by atoms with Crippen molar-refractivity contribution in [2.24, 2.45) is 0 Å². The summed E-state index contributed by atoms with van der Waals surface area (Å²) in [5.74, 6) is 0.662. The molecule has 0 aliphatic carbocycles. The zero-order valence-corrected chi connectivity index (χ0v) is 12.3. The van der Waals surface area contributed by atoms with Gasteiger partial charge in [0, 0.05) is 21.3 Å². The van der Waals surface area contributed by atoms with Crippen molar-refractivity contribution in [2.45, 2.75) is 6.92 Å². The molecule has 0 aliphatic heterocycles. The van der Waals surface area contributed by atoms with Crippen molar-refractivity contribution in [3.63, 3.8) is 0 Å². The maximum Gasteiger partial charge on any atom is 0.194 e. The number of ketones is 1. The van der Waals surface area contributed by atoms with Gasteiger partial charge in [0.1, 0.15) is 5.75 Å². The molecule has 0 heterocycles. The Bertz CT molecular complexity index is 638. The van der Waals surface area contributed by atoms with Crippen LogP contribution in [-0.4, -0.2) is 12.9 Å². The molecule has 0 spiro atoms. The van der Waals surface area contributed by atoms with Crippen LogP contribution in [0.4, 0.5) is 5.69 Å². The number of benzene rings is 2. The van der Waals surface area contributed by atoms with Crippen molar-refractivity contribution in [3.05, 3.63) is 57.6 Å². The number of halogens is 1. The smallest absolute Gasteiger partial charge is 0.194 e. The second-order valence-corrected chi connectivity index (χ2v) is 5.10. The van der Waals surface area contributed by atoms with E-state index in [0.717, 1.165) is 5.56 Å². The summed E-state index contributed by atoms with van der Waals surface area (Å²) >= 11 is 3.39. The average molecular weight is 320 g/mol. The Kier molecular flexibility index (Phi) is 3.90. The molecule has 2 rings (SSSR count). The van der Waals surface area contributed by atoms with Crippen LogP contribution in [0, 0.1) is 6.92 Å². The van der Waals surface area contributed by atoms with E-state index in [1.807, 2.05) is 6.92 Å². The molecule has 3 nitrogen and oxygen atoms in total. The van der Waals surface area contributed by atoms with Crippen molar-refractivity contribution >= 4 is 27.4 Å². The van der Waals surface area contributed by atoms with Gasteiger partial charge in [0.05, 0.1) is 7.11 Å². The zero-order valence-electron chi connectivity index (χ0n) is 10.7. The average Bonchev–Trinajstić information content (AvgIpc) is 2.41. The lowest BCUT2D eigenvalue weighted by atomic mass is 10.0. The number of rotatable bonds is 3. The Morgan fingerprint density at radius 2 is 1.95 bits per heavy atom. The highest BCUT2D eigenvalue weighted by atomic mass is 79.9. The summed E-state index contributed by atoms with van der Waals surface area (Å²) in [6.45, 7) is 1.88. The molecule has 0 saturated carbocycles. The summed E-state index contributed by atoms with van der Waals surface area (Å²) in [6, 6.07) is 10.6. The molecule has 2 aromatic carbocycles. The normalized spacial score (nSPS) is 10.3. The minimum absolute atomic E-state index is 0.0439. The minimum Gasteiger partial charge on any atom is -0.497 e. The van der Waals surface area contributed by atoms with E-state index in [-0.39, 0.29) is 5.78 Å². The first-order chi connectivity index (χ1) is 9.02. The molecule has 0 amide bonds. The summed E-state index contributed by atoms with van der Waals surface area (Å²) < 4.78 is 5.83. The van der Waals surface area contributed by atoms with Crippen LogP contribution in [0.2, 0.25) is 0 Å². The Balaban J connectivity index is 2.41. The second kappa shape index (κ2) is 5.45. The predicted octanol–water partition coefficient (Wildman–Crippen LogP) is 3.58. The van der Waals surface area contributed by atoms with Gasteiger partial charge in [-0.2, -0.15) is 0 Å². The molecule has 98 valence electrons. The number of carbonyl (C=O) groups excluding carboxylic acids is 1. The second-order valence-electron chi connectivity index (χ2n) is 4.25. The van der Waals surface area contributed by atoms with E-state index in [4.69, 9.17) is 10.5 Å². The van der Waals surface area contributed by atoms with E-state index < -0.39 is 0 Å². The topological polar surface area (TPSA) is 52.3 Å². The Morgan fingerprint density at radius 3 is 2.53 bits per heavy atom. The third-order valence-corrected chi connectivity index (χ3v) is 3.61. The van der Waals surface area contributed by atoms with Crippen LogP contribution in [0.1, 0.15) is 21.5 Å². The van der Waals surface area contributed by atoms with Crippen molar-refractivity contribution in [3.8, 4) is 5.75 Å². The highest BCUT2D eigenvalue weighted by molar-refractivity contribution is 9.10. The van der Waals surface area contributed by atoms with Gasteiger partial charge in [-0.15, -0.1) is 0 Å². The zero-order chi connectivity index (χ0) is 14.0. The first-order valence-corrected chi connectivity index (χ1v) is 6.56. The number of hydrogen-bond acceptors (Lipinski definition) is 3. The third-order valence-electron chi connectivity index (χ3n) is 2.95. The Labute approximate surface area is 120 Å². The SMILES string of the molecule is COc1ccc(C(=O)c2ccc(N)c(C)c2)c(Br)c1. The van der Waals surface area contributed by atoms with Gasteiger partial charge in [-0.05, 0) is 64.8 Å². The maximum atomic E-state index is 12.4. The van der Waals surface area contributed by atoms with Crippen molar-refractivity contribution in [1.82, 2.24) is 0 Å². The standard InChI is InChI=1S/C15H14BrNO2/c1-9-7-10(3-6-14(9)17)15(18)12-5-4-11(19-2)8-13(12)16/h3-8H,17H2,1-2H3. The molecular formula is C15H14BrNO2. The third kappa shape index (κ3) is 2.79. The number of nitrogens with two attached hydrogens (primary N) is 1. The molecule has 0 aromatic heterocycles. The van der Waals surface area contributed by atoms with E-state index in [1.54, 1.807) is 43.5 Å². The first kappa shape index (κ1) is 13.6. The number of nitrogen functional groups attached to an aromatic ring is 1. The fourth-order valence-electron chi connectivity index (χ4n) is 1.78.